The summed E-state index contributed by atoms with van der Waals surface area (Å²) in [7, 11) is 0. The predicted molar refractivity (Wildman–Crippen MR) is 127 cm³/mol. The van der Waals surface area contributed by atoms with Crippen LogP contribution in [0.3, 0.4) is 0 Å². The van der Waals surface area contributed by atoms with Gasteiger partial charge >= 0.3 is 0 Å². The zero-order chi connectivity index (χ0) is 20.8. The van der Waals surface area contributed by atoms with Crippen molar-refractivity contribution in [2.24, 2.45) is 0 Å². The number of hydrogen-bond acceptors (Lipinski definition) is 3. The monoisotopic (exact) mass is 517 g/mol. The third-order valence-electron chi connectivity index (χ3n) is 4.75. The first-order valence-electron chi connectivity index (χ1n) is 9.60. The Morgan fingerprint density at radius 1 is 0.897 bits per heavy atom. The van der Waals surface area contributed by atoms with Crippen molar-refractivity contribution >= 4 is 37.5 Å². The molecule has 1 N–H and O–H groups in total. The molecule has 0 heterocycles. The summed E-state index contributed by atoms with van der Waals surface area (Å²) < 4.78 is 13.9. The lowest BCUT2D eigenvalue weighted by Crippen LogP contribution is -2.05. The first-order valence-corrected chi connectivity index (χ1v) is 11.2. The van der Waals surface area contributed by atoms with Gasteiger partial charge in [-0.1, -0.05) is 40.2 Å². The average molecular weight is 519 g/mol. The molecule has 0 saturated carbocycles. The third-order valence-corrected chi connectivity index (χ3v) is 5.87. The molecule has 3 nitrogen and oxygen atoms in total. The highest BCUT2D eigenvalue weighted by atomic mass is 79.9. The summed E-state index contributed by atoms with van der Waals surface area (Å²) in [5, 5.41) is 3.53. The molecule has 0 radical (unpaired) electrons. The molecule has 29 heavy (non-hydrogen) atoms. The molecule has 0 aliphatic rings. The summed E-state index contributed by atoms with van der Waals surface area (Å²) in [4.78, 5) is 0. The second-order valence-electron chi connectivity index (χ2n) is 6.85. The fourth-order valence-electron chi connectivity index (χ4n) is 3.00. The molecule has 0 spiro atoms. The Morgan fingerprint density at radius 2 is 1.66 bits per heavy atom. The number of anilines is 1. The summed E-state index contributed by atoms with van der Waals surface area (Å²) in [5.41, 5.74) is 5.92. The summed E-state index contributed by atoms with van der Waals surface area (Å²) in [6, 6.07) is 18.5. The summed E-state index contributed by atoms with van der Waals surface area (Å²) in [5.74, 6) is 1.47. The number of ether oxygens (including phenoxy) is 2. The van der Waals surface area contributed by atoms with Crippen LogP contribution in [-0.2, 0) is 13.2 Å². The Balaban J connectivity index is 1.76. The molecule has 0 aromatic heterocycles. The first-order chi connectivity index (χ1) is 14.0. The second kappa shape index (κ2) is 10.2. The van der Waals surface area contributed by atoms with Crippen molar-refractivity contribution < 1.29 is 9.47 Å². The molecule has 0 atom stereocenters. The van der Waals surface area contributed by atoms with Crippen molar-refractivity contribution in [1.82, 2.24) is 0 Å². The standard InChI is InChI=1S/C24H25Br2NO2/c1-4-28-23-13-19(14-27-22-7-5-6-16(2)17(22)3)12-21(26)24(23)29-15-18-8-10-20(25)11-9-18/h5-13,27H,4,14-15H2,1-3H3. The van der Waals surface area contributed by atoms with E-state index in [1.807, 2.05) is 37.3 Å². The van der Waals surface area contributed by atoms with Gasteiger partial charge in [0.1, 0.15) is 6.61 Å². The highest BCUT2D eigenvalue weighted by Crippen LogP contribution is 2.38. The predicted octanol–water partition coefficient (Wildman–Crippen LogP) is 7.42. The van der Waals surface area contributed by atoms with Crippen LogP contribution >= 0.6 is 31.9 Å². The molecule has 152 valence electrons. The lowest BCUT2D eigenvalue weighted by molar-refractivity contribution is 0.267. The largest absolute Gasteiger partial charge is 0.490 e. The third kappa shape index (κ3) is 5.77. The van der Waals surface area contributed by atoms with Gasteiger partial charge in [-0.3, -0.25) is 0 Å². The van der Waals surface area contributed by atoms with E-state index in [1.54, 1.807) is 0 Å². The van der Waals surface area contributed by atoms with E-state index in [1.165, 1.54) is 11.1 Å². The van der Waals surface area contributed by atoms with Crippen LogP contribution in [0.2, 0.25) is 0 Å². The Kier molecular flexibility index (Phi) is 7.62. The number of nitrogens with one attached hydrogen (secondary N) is 1. The van der Waals surface area contributed by atoms with Crippen LogP contribution in [-0.4, -0.2) is 6.61 Å². The minimum absolute atomic E-state index is 0.478. The molecule has 0 fully saturated rings. The van der Waals surface area contributed by atoms with Crippen LogP contribution in [0.25, 0.3) is 0 Å². The second-order valence-corrected chi connectivity index (χ2v) is 8.62. The number of hydrogen-bond donors (Lipinski definition) is 1. The van der Waals surface area contributed by atoms with Crippen molar-refractivity contribution in [2.75, 3.05) is 11.9 Å². The van der Waals surface area contributed by atoms with Gasteiger partial charge in [-0.25, -0.2) is 0 Å². The number of halogens is 2. The SMILES string of the molecule is CCOc1cc(CNc2cccc(C)c2C)cc(Br)c1OCc1ccc(Br)cc1. The van der Waals surface area contributed by atoms with E-state index in [2.05, 4.69) is 75.3 Å². The van der Waals surface area contributed by atoms with Crippen molar-refractivity contribution in [2.45, 2.75) is 33.9 Å². The number of benzene rings is 3. The molecular formula is C24H25Br2NO2. The van der Waals surface area contributed by atoms with Gasteiger partial charge in [0, 0.05) is 16.7 Å². The van der Waals surface area contributed by atoms with Gasteiger partial charge in [-0.05, 0) is 89.3 Å². The van der Waals surface area contributed by atoms with E-state index in [0.717, 1.165) is 37.3 Å². The summed E-state index contributed by atoms with van der Waals surface area (Å²) in [6.45, 7) is 8.00. The van der Waals surface area contributed by atoms with E-state index in [4.69, 9.17) is 9.47 Å². The maximum absolute atomic E-state index is 6.09. The molecule has 0 saturated heterocycles. The van der Waals surface area contributed by atoms with Gasteiger partial charge < -0.3 is 14.8 Å². The minimum Gasteiger partial charge on any atom is -0.490 e. The van der Waals surface area contributed by atoms with Gasteiger partial charge in [0.25, 0.3) is 0 Å². The molecule has 0 bridgehead atoms. The van der Waals surface area contributed by atoms with Gasteiger partial charge in [-0.2, -0.15) is 0 Å². The molecule has 0 amide bonds. The van der Waals surface area contributed by atoms with Crippen LogP contribution in [0, 0.1) is 13.8 Å². The molecule has 0 aliphatic heterocycles. The van der Waals surface area contributed by atoms with E-state index in [-0.39, 0.29) is 0 Å². The zero-order valence-electron chi connectivity index (χ0n) is 16.9. The molecule has 0 unspecified atom stereocenters. The molecule has 3 aromatic rings. The smallest absolute Gasteiger partial charge is 0.175 e. The Bertz CT molecular complexity index is 971. The van der Waals surface area contributed by atoms with Crippen LogP contribution in [0.1, 0.15) is 29.2 Å². The zero-order valence-corrected chi connectivity index (χ0v) is 20.1. The van der Waals surface area contributed by atoms with Crippen molar-refractivity contribution in [1.29, 1.82) is 0 Å². The summed E-state index contributed by atoms with van der Waals surface area (Å²) in [6.07, 6.45) is 0. The molecule has 3 aromatic carbocycles. The van der Waals surface area contributed by atoms with Crippen LogP contribution in [0.4, 0.5) is 5.69 Å². The lowest BCUT2D eigenvalue weighted by Gasteiger charge is -2.17. The lowest BCUT2D eigenvalue weighted by atomic mass is 10.1. The minimum atomic E-state index is 0.478. The van der Waals surface area contributed by atoms with Crippen LogP contribution in [0.15, 0.2) is 63.5 Å². The quantitative estimate of drug-likeness (QED) is 0.336. The van der Waals surface area contributed by atoms with Crippen molar-refractivity contribution in [3.05, 3.63) is 85.8 Å². The number of rotatable bonds is 8. The van der Waals surface area contributed by atoms with Gasteiger partial charge in [0.15, 0.2) is 11.5 Å². The van der Waals surface area contributed by atoms with Crippen molar-refractivity contribution in [3.63, 3.8) is 0 Å². The van der Waals surface area contributed by atoms with Crippen molar-refractivity contribution in [3.8, 4) is 11.5 Å². The molecular weight excluding hydrogens is 494 g/mol. The maximum Gasteiger partial charge on any atom is 0.175 e. The first kappa shape index (κ1) is 21.7. The van der Waals surface area contributed by atoms with E-state index < -0.39 is 0 Å². The highest BCUT2D eigenvalue weighted by Gasteiger charge is 2.13. The molecule has 3 rings (SSSR count). The molecule has 0 aliphatic carbocycles. The van der Waals surface area contributed by atoms with E-state index in [9.17, 15) is 0 Å². The topological polar surface area (TPSA) is 30.5 Å². The fraction of sp³-hybridized carbons (Fsp3) is 0.250. The van der Waals surface area contributed by atoms with Gasteiger partial charge in [0.05, 0.1) is 11.1 Å². The average Bonchev–Trinajstić information content (AvgIpc) is 2.70. The normalized spacial score (nSPS) is 10.7. The summed E-state index contributed by atoms with van der Waals surface area (Å²) >= 11 is 7.12. The highest BCUT2D eigenvalue weighted by molar-refractivity contribution is 9.10. The maximum atomic E-state index is 6.09. The van der Waals surface area contributed by atoms with Crippen LogP contribution in [0.5, 0.6) is 11.5 Å². The number of aryl methyl sites for hydroxylation is 1. The van der Waals surface area contributed by atoms with Gasteiger partial charge in [0.2, 0.25) is 0 Å². The van der Waals surface area contributed by atoms with E-state index >= 15 is 0 Å². The van der Waals surface area contributed by atoms with Crippen LogP contribution < -0.4 is 14.8 Å². The van der Waals surface area contributed by atoms with E-state index in [0.29, 0.717) is 19.8 Å². The Morgan fingerprint density at radius 3 is 2.38 bits per heavy atom. The Hall–Kier alpha value is -1.98. The Labute approximate surface area is 189 Å². The molecule has 5 heteroatoms. The fourth-order valence-corrected chi connectivity index (χ4v) is 3.87. The van der Waals surface area contributed by atoms with Gasteiger partial charge in [-0.15, -0.1) is 0 Å².